The number of aromatic nitrogens is 3. The summed E-state index contributed by atoms with van der Waals surface area (Å²) in [5, 5.41) is 12.1. The van der Waals surface area contributed by atoms with Gasteiger partial charge in [0.1, 0.15) is 11.1 Å². The number of fused-ring (bicyclic) bond motifs is 1. The monoisotopic (exact) mass is 431 g/mol. The van der Waals surface area contributed by atoms with Gasteiger partial charge in [0.15, 0.2) is 5.82 Å². The fraction of sp³-hybridized carbons (Fsp3) is 0.250. The first-order valence-corrected chi connectivity index (χ1v) is 10.5. The Labute approximate surface area is 176 Å². The largest absolute Gasteiger partial charge is 0.325 e. The van der Waals surface area contributed by atoms with Crippen LogP contribution in [0.25, 0.3) is 0 Å². The second-order valence-electron chi connectivity index (χ2n) is 6.68. The Morgan fingerprint density at radius 3 is 2.62 bits per heavy atom. The van der Waals surface area contributed by atoms with E-state index in [2.05, 4.69) is 27.9 Å². The number of benzene rings is 2. The summed E-state index contributed by atoms with van der Waals surface area (Å²) in [6.07, 6.45) is 1.69. The highest BCUT2D eigenvalue weighted by Crippen LogP contribution is 2.37. The van der Waals surface area contributed by atoms with Crippen LogP contribution in [-0.2, 0) is 11.2 Å². The van der Waals surface area contributed by atoms with Crippen LogP contribution >= 0.6 is 23.4 Å². The highest BCUT2D eigenvalue weighted by Gasteiger charge is 2.37. The van der Waals surface area contributed by atoms with Crippen LogP contribution in [0.2, 0.25) is 5.02 Å². The zero-order valence-electron chi connectivity index (χ0n) is 15.6. The number of anilines is 1. The lowest BCUT2D eigenvalue weighted by Gasteiger charge is -2.33. The topological polar surface area (TPSA) is 71.8 Å². The van der Waals surface area contributed by atoms with Crippen molar-refractivity contribution in [3.8, 4) is 0 Å². The molecule has 2 atom stereocenters. The van der Waals surface area contributed by atoms with Crippen molar-refractivity contribution in [1.29, 1.82) is 0 Å². The third-order valence-electron chi connectivity index (χ3n) is 4.58. The molecule has 2 aromatic carbocycles. The lowest BCUT2D eigenvalue weighted by molar-refractivity contribution is -0.116. The maximum absolute atomic E-state index is 13.4. The molecule has 0 aliphatic carbocycles. The van der Waals surface area contributed by atoms with Crippen LogP contribution in [0.3, 0.4) is 0 Å². The van der Waals surface area contributed by atoms with Gasteiger partial charge in [-0.05, 0) is 48.4 Å². The van der Waals surface area contributed by atoms with Crippen LogP contribution in [-0.4, -0.2) is 26.0 Å². The fourth-order valence-corrected chi connectivity index (χ4v) is 4.38. The molecule has 0 unspecified atom stereocenters. The summed E-state index contributed by atoms with van der Waals surface area (Å²) in [5.41, 5.74) is 4.81. The van der Waals surface area contributed by atoms with Crippen molar-refractivity contribution in [1.82, 2.24) is 14.9 Å². The predicted molar refractivity (Wildman–Crippen MR) is 112 cm³/mol. The van der Waals surface area contributed by atoms with Crippen LogP contribution < -0.4 is 10.7 Å². The maximum atomic E-state index is 13.4. The summed E-state index contributed by atoms with van der Waals surface area (Å²) in [6.45, 7) is 2.07. The molecule has 29 heavy (non-hydrogen) atoms. The second-order valence-corrected chi connectivity index (χ2v) is 8.22. The Morgan fingerprint density at radius 1 is 1.21 bits per heavy atom. The first kappa shape index (κ1) is 19.7. The van der Waals surface area contributed by atoms with Gasteiger partial charge in [0.25, 0.3) is 0 Å². The SMILES string of the molecule is CCCc1nnc2n1N[C@H](c1ccc(F)cc1)[C@@H](C(=O)Nc1ccc(Cl)cc1)S2. The average Bonchev–Trinajstić information content (AvgIpc) is 3.11. The summed E-state index contributed by atoms with van der Waals surface area (Å²) in [6, 6.07) is 12.7. The van der Waals surface area contributed by atoms with Crippen molar-refractivity contribution in [2.24, 2.45) is 0 Å². The van der Waals surface area contributed by atoms with Gasteiger partial charge in [-0.3, -0.25) is 4.79 Å². The number of halogens is 2. The Morgan fingerprint density at radius 2 is 1.93 bits per heavy atom. The van der Waals surface area contributed by atoms with Crippen molar-refractivity contribution in [2.75, 3.05) is 10.7 Å². The molecule has 2 N–H and O–H groups in total. The molecule has 1 aliphatic heterocycles. The lowest BCUT2D eigenvalue weighted by atomic mass is 10.0. The molecule has 0 bridgehead atoms. The van der Waals surface area contributed by atoms with Crippen LogP contribution in [0.15, 0.2) is 53.7 Å². The van der Waals surface area contributed by atoms with Gasteiger partial charge in [-0.1, -0.05) is 42.4 Å². The highest BCUT2D eigenvalue weighted by atomic mass is 35.5. The molecule has 1 amide bonds. The zero-order valence-corrected chi connectivity index (χ0v) is 17.2. The Hall–Kier alpha value is -2.58. The van der Waals surface area contributed by atoms with Crippen molar-refractivity contribution in [2.45, 2.75) is 36.2 Å². The molecular weight excluding hydrogens is 413 g/mol. The highest BCUT2D eigenvalue weighted by molar-refractivity contribution is 8.00. The molecule has 0 saturated carbocycles. The minimum atomic E-state index is -0.526. The van der Waals surface area contributed by atoms with E-state index in [0.29, 0.717) is 15.9 Å². The van der Waals surface area contributed by atoms with Gasteiger partial charge >= 0.3 is 0 Å². The van der Waals surface area contributed by atoms with Gasteiger partial charge in [0.2, 0.25) is 11.1 Å². The Balaban J connectivity index is 1.65. The molecule has 1 aliphatic rings. The van der Waals surface area contributed by atoms with E-state index in [1.807, 2.05) is 4.68 Å². The summed E-state index contributed by atoms with van der Waals surface area (Å²) in [5.74, 6) is 0.292. The molecule has 0 fully saturated rings. The molecule has 1 aromatic heterocycles. The van der Waals surface area contributed by atoms with Gasteiger partial charge in [0.05, 0.1) is 6.04 Å². The van der Waals surface area contributed by atoms with E-state index >= 15 is 0 Å². The standard InChI is InChI=1S/C20H19ClFN5OS/c1-2-3-16-24-25-20-27(16)26-17(12-4-8-14(22)9-5-12)18(29-20)19(28)23-15-10-6-13(21)7-11-15/h4-11,17-18,26H,2-3H2,1H3,(H,23,28)/t17-,18+/m1/s1. The molecule has 9 heteroatoms. The number of hydrogen-bond donors (Lipinski definition) is 2. The molecule has 2 heterocycles. The Bertz CT molecular complexity index is 1010. The normalized spacial score (nSPS) is 18.0. The third-order valence-corrected chi connectivity index (χ3v) is 6.04. The minimum Gasteiger partial charge on any atom is -0.325 e. The van der Waals surface area contributed by atoms with Crippen LogP contribution in [0.4, 0.5) is 10.1 Å². The summed E-state index contributed by atoms with van der Waals surface area (Å²) in [4.78, 5) is 13.1. The molecule has 150 valence electrons. The molecule has 0 radical (unpaired) electrons. The first-order chi connectivity index (χ1) is 14.0. The second kappa shape index (κ2) is 8.42. The maximum Gasteiger partial charge on any atom is 0.240 e. The van der Waals surface area contributed by atoms with E-state index in [1.165, 1.54) is 23.9 Å². The van der Waals surface area contributed by atoms with Crippen LogP contribution in [0, 0.1) is 5.82 Å². The molecule has 3 aromatic rings. The number of aryl methyl sites for hydroxylation is 1. The number of nitrogens with zero attached hydrogens (tertiary/aromatic N) is 3. The van der Waals surface area contributed by atoms with E-state index in [-0.39, 0.29) is 17.8 Å². The van der Waals surface area contributed by atoms with Gasteiger partial charge in [-0.15, -0.1) is 10.2 Å². The number of nitrogens with one attached hydrogen (secondary N) is 2. The number of thioether (sulfide) groups is 1. The minimum absolute atomic E-state index is 0.189. The van der Waals surface area contributed by atoms with Gasteiger partial charge < -0.3 is 10.7 Å². The summed E-state index contributed by atoms with van der Waals surface area (Å²) < 4.78 is 15.3. The van der Waals surface area contributed by atoms with E-state index < -0.39 is 5.25 Å². The van der Waals surface area contributed by atoms with Gasteiger partial charge in [0, 0.05) is 17.1 Å². The molecule has 0 spiro atoms. The predicted octanol–water partition coefficient (Wildman–Crippen LogP) is 4.42. The number of rotatable bonds is 5. The lowest BCUT2D eigenvalue weighted by Crippen LogP contribution is -2.41. The molecule has 4 rings (SSSR count). The number of hydrogen-bond acceptors (Lipinski definition) is 5. The smallest absolute Gasteiger partial charge is 0.240 e. The summed E-state index contributed by atoms with van der Waals surface area (Å²) in [7, 11) is 0. The fourth-order valence-electron chi connectivity index (χ4n) is 3.15. The van der Waals surface area contributed by atoms with Crippen molar-refractivity contribution in [3.05, 3.63) is 70.8 Å². The van der Waals surface area contributed by atoms with Crippen molar-refractivity contribution in [3.63, 3.8) is 0 Å². The molecule has 6 nitrogen and oxygen atoms in total. The number of amides is 1. The number of carbonyl (C=O) groups is 1. The number of carbonyl (C=O) groups excluding carboxylic acids is 1. The van der Waals surface area contributed by atoms with Crippen molar-refractivity contribution < 1.29 is 9.18 Å². The molecule has 0 saturated heterocycles. The third kappa shape index (κ3) is 4.23. The Kier molecular flexibility index (Phi) is 5.73. The quantitative estimate of drug-likeness (QED) is 0.625. The average molecular weight is 432 g/mol. The van der Waals surface area contributed by atoms with E-state index in [9.17, 15) is 9.18 Å². The first-order valence-electron chi connectivity index (χ1n) is 9.24. The zero-order chi connectivity index (χ0) is 20.4. The van der Waals surface area contributed by atoms with E-state index in [4.69, 9.17) is 11.6 Å². The van der Waals surface area contributed by atoms with E-state index in [1.54, 1.807) is 36.4 Å². The van der Waals surface area contributed by atoms with Crippen LogP contribution in [0.1, 0.15) is 30.8 Å². The molecular formula is C20H19ClFN5OS. The van der Waals surface area contributed by atoms with Gasteiger partial charge in [-0.2, -0.15) is 0 Å². The van der Waals surface area contributed by atoms with Gasteiger partial charge in [-0.25, -0.2) is 9.07 Å². The van der Waals surface area contributed by atoms with Crippen LogP contribution in [0.5, 0.6) is 0 Å². The van der Waals surface area contributed by atoms with E-state index in [0.717, 1.165) is 24.2 Å². The van der Waals surface area contributed by atoms with Crippen molar-refractivity contribution >= 4 is 35.0 Å². The summed E-state index contributed by atoms with van der Waals surface area (Å²) >= 11 is 7.26.